The second-order valence-electron chi connectivity index (χ2n) is 5.41. The summed E-state index contributed by atoms with van der Waals surface area (Å²) in [6.07, 6.45) is 5.62. The third kappa shape index (κ3) is 3.00. The molecule has 110 valence electrons. The lowest BCUT2D eigenvalue weighted by molar-refractivity contribution is -0.143. The van der Waals surface area contributed by atoms with Gasteiger partial charge in [0.2, 0.25) is 0 Å². The Morgan fingerprint density at radius 1 is 1.45 bits per heavy atom. The molecule has 0 radical (unpaired) electrons. The summed E-state index contributed by atoms with van der Waals surface area (Å²) >= 11 is 0. The molecule has 20 heavy (non-hydrogen) atoms. The fourth-order valence-electron chi connectivity index (χ4n) is 2.58. The maximum absolute atomic E-state index is 12.5. The van der Waals surface area contributed by atoms with E-state index in [1.54, 1.807) is 22.0 Å². The van der Waals surface area contributed by atoms with E-state index in [1.807, 2.05) is 13.8 Å². The fourth-order valence-corrected chi connectivity index (χ4v) is 2.58. The van der Waals surface area contributed by atoms with Gasteiger partial charge >= 0.3 is 5.97 Å². The number of carbonyl (C=O) groups excluding carboxylic acids is 1. The number of hydrogen-bond acceptors (Lipinski definition) is 3. The molecule has 0 spiro atoms. The maximum Gasteiger partial charge on any atom is 0.308 e. The van der Waals surface area contributed by atoms with Crippen LogP contribution >= 0.6 is 0 Å². The van der Waals surface area contributed by atoms with E-state index in [4.69, 9.17) is 5.11 Å². The van der Waals surface area contributed by atoms with E-state index in [9.17, 15) is 9.59 Å². The third-order valence-electron chi connectivity index (χ3n) is 3.83. The van der Waals surface area contributed by atoms with Crippen LogP contribution in [-0.4, -0.2) is 44.3 Å². The lowest BCUT2D eigenvalue weighted by Crippen LogP contribution is -2.47. The second kappa shape index (κ2) is 6.07. The molecule has 0 saturated carbocycles. The topological polar surface area (TPSA) is 75.4 Å². The largest absolute Gasteiger partial charge is 0.481 e. The molecule has 1 N–H and O–H groups in total. The number of nitrogens with zero attached hydrogens (tertiary/aromatic N) is 3. The summed E-state index contributed by atoms with van der Waals surface area (Å²) < 4.78 is 1.75. The molecule has 6 heteroatoms. The molecule has 6 nitrogen and oxygen atoms in total. The molecule has 1 saturated heterocycles. The normalized spacial score (nSPS) is 22.8. The van der Waals surface area contributed by atoms with Crippen molar-refractivity contribution in [3.05, 3.63) is 18.0 Å². The van der Waals surface area contributed by atoms with Gasteiger partial charge in [0, 0.05) is 25.3 Å². The minimum Gasteiger partial charge on any atom is -0.481 e. The Labute approximate surface area is 118 Å². The van der Waals surface area contributed by atoms with E-state index in [0.29, 0.717) is 12.0 Å². The number of aliphatic carboxylic acids is 1. The lowest BCUT2D eigenvalue weighted by atomic mass is 9.93. The molecule has 1 aromatic rings. The minimum atomic E-state index is -0.823. The molecule has 2 rings (SSSR count). The average Bonchev–Trinajstić information content (AvgIpc) is 2.87. The van der Waals surface area contributed by atoms with Crippen molar-refractivity contribution in [3.8, 4) is 0 Å². The van der Waals surface area contributed by atoms with E-state index in [2.05, 4.69) is 5.10 Å². The number of carbonyl (C=O) groups is 2. The van der Waals surface area contributed by atoms with Crippen LogP contribution in [0.15, 0.2) is 12.4 Å². The van der Waals surface area contributed by atoms with Crippen molar-refractivity contribution in [2.75, 3.05) is 6.54 Å². The summed E-state index contributed by atoms with van der Waals surface area (Å²) in [7, 11) is 0. The Bertz CT molecular complexity index is 498. The van der Waals surface area contributed by atoms with Crippen molar-refractivity contribution in [2.24, 2.45) is 5.92 Å². The molecule has 1 fully saturated rings. The van der Waals surface area contributed by atoms with Gasteiger partial charge in [-0.15, -0.1) is 0 Å². The van der Waals surface area contributed by atoms with Gasteiger partial charge < -0.3 is 10.0 Å². The molecule has 1 aliphatic heterocycles. The Balaban J connectivity index is 2.11. The molecule has 0 bridgehead atoms. The van der Waals surface area contributed by atoms with Gasteiger partial charge in [0.1, 0.15) is 0 Å². The van der Waals surface area contributed by atoms with Crippen molar-refractivity contribution in [1.82, 2.24) is 14.7 Å². The molecule has 2 heterocycles. The van der Waals surface area contributed by atoms with E-state index >= 15 is 0 Å². The van der Waals surface area contributed by atoms with Crippen LogP contribution in [0.1, 0.15) is 43.5 Å². The smallest absolute Gasteiger partial charge is 0.308 e. The van der Waals surface area contributed by atoms with Crippen molar-refractivity contribution >= 4 is 11.9 Å². The minimum absolute atomic E-state index is 0.0765. The van der Waals surface area contributed by atoms with E-state index in [-0.39, 0.29) is 18.5 Å². The Hall–Kier alpha value is -1.85. The first-order chi connectivity index (χ1) is 9.52. The number of rotatable bonds is 4. The van der Waals surface area contributed by atoms with Crippen LogP contribution in [0.3, 0.4) is 0 Å². The highest BCUT2D eigenvalue weighted by Crippen LogP contribution is 2.23. The number of likely N-dealkylation sites (tertiary alicyclic amines) is 1. The van der Waals surface area contributed by atoms with Crippen molar-refractivity contribution in [3.63, 3.8) is 0 Å². The predicted octanol–water partition coefficient (Wildman–Crippen LogP) is 1.62. The molecule has 1 aliphatic rings. The Morgan fingerprint density at radius 3 is 2.85 bits per heavy atom. The van der Waals surface area contributed by atoms with Gasteiger partial charge in [-0.05, 0) is 26.2 Å². The quantitative estimate of drug-likeness (QED) is 0.908. The van der Waals surface area contributed by atoms with Gasteiger partial charge in [-0.25, -0.2) is 0 Å². The third-order valence-corrected chi connectivity index (χ3v) is 3.83. The first-order valence-corrected chi connectivity index (χ1v) is 7.09. The summed E-state index contributed by atoms with van der Waals surface area (Å²) in [6.45, 7) is 5.08. The standard InChI is InChI=1S/C14H21N3O3/c1-3-6-16-8-12(7-15-16)13(18)17-9-11(14(19)20)5-4-10(17)2/h7-8,10-11H,3-6,9H2,1-2H3,(H,19,20). The van der Waals surface area contributed by atoms with Crippen LogP contribution in [0.2, 0.25) is 0 Å². The number of aromatic nitrogens is 2. The average molecular weight is 279 g/mol. The first kappa shape index (κ1) is 14.6. The van der Waals surface area contributed by atoms with Crippen molar-refractivity contribution in [2.45, 2.75) is 45.7 Å². The maximum atomic E-state index is 12.5. The molecule has 0 aromatic carbocycles. The highest BCUT2D eigenvalue weighted by atomic mass is 16.4. The summed E-state index contributed by atoms with van der Waals surface area (Å²) in [6, 6.07) is 0.0765. The van der Waals surface area contributed by atoms with Crippen molar-refractivity contribution < 1.29 is 14.7 Å². The first-order valence-electron chi connectivity index (χ1n) is 7.09. The highest BCUT2D eigenvalue weighted by molar-refractivity contribution is 5.94. The number of carboxylic acid groups (broad SMARTS) is 1. The number of amides is 1. The van der Waals surface area contributed by atoms with E-state index in [1.165, 1.54) is 0 Å². The van der Waals surface area contributed by atoms with Crippen LogP contribution in [0.25, 0.3) is 0 Å². The summed E-state index contributed by atoms with van der Waals surface area (Å²) in [5, 5.41) is 13.3. The van der Waals surface area contributed by atoms with Crippen LogP contribution in [0.4, 0.5) is 0 Å². The lowest BCUT2D eigenvalue weighted by Gasteiger charge is -2.36. The monoisotopic (exact) mass is 279 g/mol. The van der Waals surface area contributed by atoms with E-state index < -0.39 is 11.9 Å². The van der Waals surface area contributed by atoms with Gasteiger partial charge in [-0.3, -0.25) is 14.3 Å². The zero-order valence-corrected chi connectivity index (χ0v) is 12.0. The van der Waals surface area contributed by atoms with Crippen LogP contribution < -0.4 is 0 Å². The predicted molar refractivity (Wildman–Crippen MR) is 73.4 cm³/mol. The van der Waals surface area contributed by atoms with Crippen molar-refractivity contribution in [1.29, 1.82) is 0 Å². The molecule has 0 aliphatic carbocycles. The SMILES string of the molecule is CCCn1cc(C(=O)N2CC(C(=O)O)CCC2C)cn1. The van der Waals surface area contributed by atoms with Crippen LogP contribution in [0.5, 0.6) is 0 Å². The zero-order chi connectivity index (χ0) is 14.7. The second-order valence-corrected chi connectivity index (χ2v) is 5.41. The number of hydrogen-bond donors (Lipinski definition) is 1. The Kier molecular flexibility index (Phi) is 4.42. The number of piperidine rings is 1. The Morgan fingerprint density at radius 2 is 2.20 bits per heavy atom. The van der Waals surface area contributed by atoms with Gasteiger partial charge in [0.15, 0.2) is 0 Å². The number of aryl methyl sites for hydroxylation is 1. The summed E-state index contributed by atoms with van der Waals surface area (Å²) in [5.74, 6) is -1.40. The van der Waals surface area contributed by atoms with Gasteiger partial charge in [-0.2, -0.15) is 5.10 Å². The van der Waals surface area contributed by atoms with E-state index in [0.717, 1.165) is 19.4 Å². The van der Waals surface area contributed by atoms with Gasteiger partial charge in [-0.1, -0.05) is 6.92 Å². The number of carboxylic acids is 1. The molecular formula is C14H21N3O3. The molecular weight excluding hydrogens is 258 g/mol. The molecule has 1 amide bonds. The van der Waals surface area contributed by atoms with Crippen LogP contribution in [0, 0.1) is 5.92 Å². The highest BCUT2D eigenvalue weighted by Gasteiger charge is 2.33. The molecule has 1 aromatic heterocycles. The molecule has 2 atom stereocenters. The van der Waals surface area contributed by atoms with Gasteiger partial charge in [0.05, 0.1) is 17.7 Å². The van der Waals surface area contributed by atoms with Crippen LogP contribution in [-0.2, 0) is 11.3 Å². The summed E-state index contributed by atoms with van der Waals surface area (Å²) in [5.41, 5.74) is 0.538. The zero-order valence-electron chi connectivity index (χ0n) is 12.0. The van der Waals surface area contributed by atoms with Gasteiger partial charge in [0.25, 0.3) is 5.91 Å². The summed E-state index contributed by atoms with van der Waals surface area (Å²) in [4.78, 5) is 25.2. The fraction of sp³-hybridized carbons (Fsp3) is 0.643. The molecule has 2 unspecified atom stereocenters.